The fourth-order valence-electron chi connectivity index (χ4n) is 2.71. The lowest BCUT2D eigenvalue weighted by Crippen LogP contribution is -2.43. The molecule has 1 heterocycles. The first kappa shape index (κ1) is 14.4. The van der Waals surface area contributed by atoms with Crippen LogP contribution in [-0.4, -0.2) is 30.6 Å². The molecule has 1 aromatic rings. The zero-order chi connectivity index (χ0) is 13.8. The molecule has 0 saturated carbocycles. The molecular formula is C15H22F2N2. The maximum Gasteiger partial charge on any atom is 0.163 e. The smallest absolute Gasteiger partial charge is 0.163 e. The second-order valence-corrected chi connectivity index (χ2v) is 5.24. The van der Waals surface area contributed by atoms with Crippen LogP contribution in [0.1, 0.15) is 38.3 Å². The molecular weight excluding hydrogens is 246 g/mol. The van der Waals surface area contributed by atoms with Gasteiger partial charge in [-0.1, -0.05) is 19.1 Å². The van der Waals surface area contributed by atoms with Crippen molar-refractivity contribution in [3.8, 4) is 0 Å². The van der Waals surface area contributed by atoms with Gasteiger partial charge in [0.05, 0.1) is 0 Å². The van der Waals surface area contributed by atoms with Gasteiger partial charge in [-0.25, -0.2) is 8.78 Å². The summed E-state index contributed by atoms with van der Waals surface area (Å²) in [6.07, 6.45) is 2.13. The van der Waals surface area contributed by atoms with E-state index in [4.69, 9.17) is 0 Å². The summed E-state index contributed by atoms with van der Waals surface area (Å²) in [5.41, 5.74) is 0.415. The van der Waals surface area contributed by atoms with Gasteiger partial charge in [0.2, 0.25) is 0 Å². The van der Waals surface area contributed by atoms with Crippen LogP contribution < -0.4 is 5.32 Å². The van der Waals surface area contributed by atoms with Crippen molar-refractivity contribution in [3.05, 3.63) is 35.4 Å². The lowest BCUT2D eigenvalue weighted by atomic mass is 10.0. The molecule has 0 bridgehead atoms. The third-order valence-electron chi connectivity index (χ3n) is 3.97. The van der Waals surface area contributed by atoms with E-state index in [2.05, 4.69) is 17.1 Å². The van der Waals surface area contributed by atoms with Crippen molar-refractivity contribution in [1.29, 1.82) is 0 Å². The molecule has 19 heavy (non-hydrogen) atoms. The van der Waals surface area contributed by atoms with Crippen LogP contribution in [0.3, 0.4) is 0 Å². The topological polar surface area (TPSA) is 15.3 Å². The summed E-state index contributed by atoms with van der Waals surface area (Å²) in [7, 11) is 0. The molecule has 1 atom stereocenters. The minimum atomic E-state index is -0.771. The van der Waals surface area contributed by atoms with Gasteiger partial charge in [-0.15, -0.1) is 0 Å². The van der Waals surface area contributed by atoms with Crippen LogP contribution in [0.4, 0.5) is 8.78 Å². The molecule has 1 unspecified atom stereocenters. The van der Waals surface area contributed by atoms with E-state index >= 15 is 0 Å². The van der Waals surface area contributed by atoms with Crippen LogP contribution in [-0.2, 0) is 0 Å². The van der Waals surface area contributed by atoms with Crippen molar-refractivity contribution < 1.29 is 8.78 Å². The molecule has 0 aromatic heterocycles. The summed E-state index contributed by atoms with van der Waals surface area (Å²) >= 11 is 0. The Bertz CT molecular complexity index is 415. The largest absolute Gasteiger partial charge is 0.307 e. The molecule has 0 aliphatic carbocycles. The molecule has 0 amide bonds. The van der Waals surface area contributed by atoms with E-state index in [1.165, 1.54) is 0 Å². The van der Waals surface area contributed by atoms with Crippen LogP contribution in [0, 0.1) is 11.6 Å². The van der Waals surface area contributed by atoms with Crippen LogP contribution in [0.25, 0.3) is 0 Å². The van der Waals surface area contributed by atoms with E-state index in [1.807, 2.05) is 6.92 Å². The molecule has 1 aliphatic heterocycles. The van der Waals surface area contributed by atoms with E-state index in [-0.39, 0.29) is 6.04 Å². The predicted octanol–water partition coefficient (Wildman–Crippen LogP) is 3.10. The second kappa shape index (κ2) is 6.44. The van der Waals surface area contributed by atoms with Crippen LogP contribution in [0.15, 0.2) is 18.2 Å². The average molecular weight is 268 g/mol. The van der Waals surface area contributed by atoms with Crippen molar-refractivity contribution in [2.45, 2.75) is 38.8 Å². The van der Waals surface area contributed by atoms with Crippen LogP contribution >= 0.6 is 0 Å². The number of rotatable bonds is 4. The Morgan fingerprint density at radius 3 is 2.63 bits per heavy atom. The lowest BCUT2D eigenvalue weighted by Gasteiger charge is -2.33. The van der Waals surface area contributed by atoms with Crippen molar-refractivity contribution >= 4 is 0 Å². The first-order chi connectivity index (χ1) is 9.11. The molecule has 0 spiro atoms. The normalized spacial score (nSPS) is 19.6. The molecule has 1 saturated heterocycles. The number of nitrogens with one attached hydrogen (secondary N) is 1. The lowest BCUT2D eigenvalue weighted by molar-refractivity contribution is 0.200. The average Bonchev–Trinajstić information content (AvgIpc) is 2.42. The van der Waals surface area contributed by atoms with E-state index < -0.39 is 11.6 Å². The Balaban J connectivity index is 1.94. The standard InChI is InChI=1S/C15H22F2N2/c1-3-19-9-7-12(8-10-19)18-11(2)13-5-4-6-14(16)15(13)17/h4-6,11-12,18H,3,7-10H2,1-2H3. The molecule has 106 valence electrons. The Labute approximate surface area is 113 Å². The van der Waals surface area contributed by atoms with E-state index in [0.717, 1.165) is 38.5 Å². The van der Waals surface area contributed by atoms with Crippen molar-refractivity contribution in [2.75, 3.05) is 19.6 Å². The van der Waals surface area contributed by atoms with Gasteiger partial charge >= 0.3 is 0 Å². The molecule has 0 radical (unpaired) electrons. The molecule has 1 fully saturated rings. The highest BCUT2D eigenvalue weighted by Crippen LogP contribution is 2.21. The van der Waals surface area contributed by atoms with Crippen molar-refractivity contribution in [3.63, 3.8) is 0 Å². The predicted molar refractivity (Wildman–Crippen MR) is 73.0 cm³/mol. The number of benzene rings is 1. The van der Waals surface area contributed by atoms with Crippen LogP contribution in [0.2, 0.25) is 0 Å². The number of nitrogens with zero attached hydrogens (tertiary/aromatic N) is 1. The number of hydrogen-bond acceptors (Lipinski definition) is 2. The Morgan fingerprint density at radius 2 is 2.00 bits per heavy atom. The first-order valence-corrected chi connectivity index (χ1v) is 7.04. The quantitative estimate of drug-likeness (QED) is 0.902. The van der Waals surface area contributed by atoms with Crippen molar-refractivity contribution in [2.24, 2.45) is 0 Å². The third kappa shape index (κ3) is 3.51. The van der Waals surface area contributed by atoms with Gasteiger partial charge in [-0.05, 0) is 45.5 Å². The summed E-state index contributed by atoms with van der Waals surface area (Å²) in [5, 5.41) is 3.41. The van der Waals surface area contributed by atoms with Gasteiger partial charge in [-0.3, -0.25) is 0 Å². The summed E-state index contributed by atoms with van der Waals surface area (Å²) in [6, 6.07) is 4.60. The fourth-order valence-corrected chi connectivity index (χ4v) is 2.71. The summed E-state index contributed by atoms with van der Waals surface area (Å²) in [5.74, 6) is -1.50. The Morgan fingerprint density at radius 1 is 1.32 bits per heavy atom. The summed E-state index contributed by atoms with van der Waals surface area (Å²) in [4.78, 5) is 2.41. The molecule has 1 aliphatic rings. The second-order valence-electron chi connectivity index (χ2n) is 5.24. The van der Waals surface area contributed by atoms with Gasteiger partial charge in [0, 0.05) is 17.6 Å². The Kier molecular flexibility index (Phi) is 4.88. The summed E-state index contributed by atoms with van der Waals surface area (Å²) < 4.78 is 26.9. The fraction of sp³-hybridized carbons (Fsp3) is 0.600. The van der Waals surface area contributed by atoms with Gasteiger partial charge < -0.3 is 10.2 Å². The molecule has 2 rings (SSSR count). The summed E-state index contributed by atoms with van der Waals surface area (Å²) in [6.45, 7) is 7.29. The highest BCUT2D eigenvalue weighted by atomic mass is 19.2. The van der Waals surface area contributed by atoms with Gasteiger partial charge in [0.1, 0.15) is 0 Å². The number of piperidine rings is 1. The third-order valence-corrected chi connectivity index (χ3v) is 3.97. The number of likely N-dealkylation sites (tertiary alicyclic amines) is 1. The number of hydrogen-bond donors (Lipinski definition) is 1. The zero-order valence-electron chi connectivity index (χ0n) is 11.6. The molecule has 1 aromatic carbocycles. The Hall–Kier alpha value is -1.00. The maximum atomic E-state index is 13.7. The van der Waals surface area contributed by atoms with E-state index in [1.54, 1.807) is 12.1 Å². The minimum Gasteiger partial charge on any atom is -0.307 e. The number of halogens is 2. The maximum absolute atomic E-state index is 13.7. The van der Waals surface area contributed by atoms with Crippen LogP contribution in [0.5, 0.6) is 0 Å². The van der Waals surface area contributed by atoms with Gasteiger partial charge in [0.15, 0.2) is 11.6 Å². The minimum absolute atomic E-state index is 0.158. The highest BCUT2D eigenvalue weighted by molar-refractivity contribution is 5.22. The van der Waals surface area contributed by atoms with E-state index in [0.29, 0.717) is 11.6 Å². The van der Waals surface area contributed by atoms with E-state index in [9.17, 15) is 8.78 Å². The zero-order valence-corrected chi connectivity index (χ0v) is 11.6. The molecule has 4 heteroatoms. The molecule has 2 nitrogen and oxygen atoms in total. The monoisotopic (exact) mass is 268 g/mol. The molecule has 1 N–H and O–H groups in total. The van der Waals surface area contributed by atoms with Gasteiger partial charge in [-0.2, -0.15) is 0 Å². The van der Waals surface area contributed by atoms with Crippen molar-refractivity contribution in [1.82, 2.24) is 10.2 Å². The first-order valence-electron chi connectivity index (χ1n) is 7.04. The van der Waals surface area contributed by atoms with Gasteiger partial charge in [0.25, 0.3) is 0 Å². The highest BCUT2D eigenvalue weighted by Gasteiger charge is 2.21. The SMILES string of the molecule is CCN1CCC(NC(C)c2cccc(F)c2F)CC1.